The van der Waals surface area contributed by atoms with Crippen molar-refractivity contribution in [3.63, 3.8) is 0 Å². The van der Waals surface area contributed by atoms with Crippen molar-refractivity contribution in [3.8, 4) is 5.75 Å². The summed E-state index contributed by atoms with van der Waals surface area (Å²) in [6.07, 6.45) is 3.65. The quantitative estimate of drug-likeness (QED) is 0.864. The number of carbonyl (C=O) groups excluding carboxylic acids is 1. The van der Waals surface area contributed by atoms with Crippen molar-refractivity contribution in [2.75, 3.05) is 7.11 Å². The van der Waals surface area contributed by atoms with Crippen molar-refractivity contribution in [3.05, 3.63) is 28.8 Å². The largest absolute Gasteiger partial charge is 0.495 e. The lowest BCUT2D eigenvalue weighted by Gasteiger charge is -2.35. The molecule has 1 aromatic rings. The van der Waals surface area contributed by atoms with Gasteiger partial charge in [0.25, 0.3) is 0 Å². The Kier molecular flexibility index (Phi) is 4.16. The maximum atomic E-state index is 12.6. The van der Waals surface area contributed by atoms with Gasteiger partial charge >= 0.3 is 0 Å². The van der Waals surface area contributed by atoms with Crippen LogP contribution in [-0.2, 0) is 0 Å². The predicted octanol–water partition coefficient (Wildman–Crippen LogP) is 3.44. The van der Waals surface area contributed by atoms with Crippen LogP contribution in [0, 0.1) is 5.92 Å². The van der Waals surface area contributed by atoms with Gasteiger partial charge in [0.05, 0.1) is 17.7 Å². The molecule has 0 spiro atoms. The summed E-state index contributed by atoms with van der Waals surface area (Å²) in [5, 5.41) is 0.502. The Hall–Kier alpha value is -1.06. The zero-order valence-electron chi connectivity index (χ0n) is 11.4. The van der Waals surface area contributed by atoms with Crippen molar-refractivity contribution in [1.29, 1.82) is 0 Å². The molecule has 0 radical (unpaired) electrons. The summed E-state index contributed by atoms with van der Waals surface area (Å²) in [5.41, 5.74) is 6.17. The number of hydrogen-bond acceptors (Lipinski definition) is 3. The highest BCUT2D eigenvalue weighted by atomic mass is 35.5. The van der Waals surface area contributed by atoms with E-state index in [-0.39, 0.29) is 5.78 Å². The molecule has 2 atom stereocenters. The maximum Gasteiger partial charge on any atom is 0.182 e. The molecular weight excluding hydrogens is 262 g/mol. The van der Waals surface area contributed by atoms with Gasteiger partial charge in [0.1, 0.15) is 5.75 Å². The number of ether oxygens (including phenoxy) is 1. The first kappa shape index (κ1) is 14.4. The average molecular weight is 282 g/mol. The van der Waals surface area contributed by atoms with Crippen LogP contribution < -0.4 is 10.5 Å². The fraction of sp³-hybridized carbons (Fsp3) is 0.533. The molecule has 1 aromatic carbocycles. The summed E-state index contributed by atoms with van der Waals surface area (Å²) in [6.45, 7) is 2.15. The summed E-state index contributed by atoms with van der Waals surface area (Å²) in [7, 11) is 1.54. The van der Waals surface area contributed by atoms with Gasteiger partial charge < -0.3 is 10.5 Å². The van der Waals surface area contributed by atoms with Crippen molar-refractivity contribution in [1.82, 2.24) is 0 Å². The molecule has 3 nitrogen and oxygen atoms in total. The van der Waals surface area contributed by atoms with Crippen LogP contribution in [0.2, 0.25) is 5.02 Å². The molecule has 1 aliphatic rings. The predicted molar refractivity (Wildman–Crippen MR) is 76.9 cm³/mol. The van der Waals surface area contributed by atoms with Crippen molar-refractivity contribution in [2.24, 2.45) is 11.7 Å². The molecule has 4 heteroatoms. The van der Waals surface area contributed by atoms with E-state index in [2.05, 4.69) is 6.92 Å². The minimum atomic E-state index is -0.740. The molecule has 0 aromatic heterocycles. The zero-order valence-corrected chi connectivity index (χ0v) is 12.2. The van der Waals surface area contributed by atoms with Gasteiger partial charge in [-0.05, 0) is 37.0 Å². The van der Waals surface area contributed by atoms with E-state index in [9.17, 15) is 4.79 Å². The Morgan fingerprint density at radius 2 is 2.26 bits per heavy atom. The Bertz CT molecular complexity index is 489. The fourth-order valence-corrected chi connectivity index (χ4v) is 3.08. The molecular formula is C15H20ClNO2. The summed E-state index contributed by atoms with van der Waals surface area (Å²) in [6, 6.07) is 5.09. The number of benzene rings is 1. The second-order valence-electron chi connectivity index (χ2n) is 5.54. The van der Waals surface area contributed by atoms with Crippen LogP contribution in [0.5, 0.6) is 5.75 Å². The Morgan fingerprint density at radius 3 is 2.89 bits per heavy atom. The van der Waals surface area contributed by atoms with Gasteiger partial charge in [-0.3, -0.25) is 4.79 Å². The zero-order chi connectivity index (χ0) is 14.0. The lowest BCUT2D eigenvalue weighted by molar-refractivity contribution is 0.0819. The van der Waals surface area contributed by atoms with E-state index in [0.29, 0.717) is 22.3 Å². The van der Waals surface area contributed by atoms with Crippen LogP contribution in [0.25, 0.3) is 0 Å². The average Bonchev–Trinajstić information content (AvgIpc) is 2.38. The van der Waals surface area contributed by atoms with Crippen molar-refractivity contribution < 1.29 is 9.53 Å². The standard InChI is InChI=1S/C15H20ClNO2/c1-10-4-3-7-15(17,9-10)14(18)11-5-6-12(16)13(8-11)19-2/h5-6,8,10H,3-4,7,9,17H2,1-2H3. The Balaban J connectivity index is 2.28. The van der Waals surface area contributed by atoms with Crippen LogP contribution >= 0.6 is 11.6 Å². The SMILES string of the molecule is COc1cc(C(=O)C2(N)CCCC(C)C2)ccc1Cl. The van der Waals surface area contributed by atoms with Gasteiger partial charge in [-0.25, -0.2) is 0 Å². The molecule has 1 aliphatic carbocycles. The maximum absolute atomic E-state index is 12.6. The molecule has 0 heterocycles. The highest BCUT2D eigenvalue weighted by Gasteiger charge is 2.38. The molecule has 0 aliphatic heterocycles. The Labute approximate surface area is 119 Å². The number of ketones is 1. The highest BCUT2D eigenvalue weighted by molar-refractivity contribution is 6.32. The smallest absolute Gasteiger partial charge is 0.182 e. The van der Waals surface area contributed by atoms with E-state index in [0.717, 1.165) is 25.7 Å². The summed E-state index contributed by atoms with van der Waals surface area (Å²) >= 11 is 5.98. The van der Waals surface area contributed by atoms with Gasteiger partial charge in [0.2, 0.25) is 0 Å². The second kappa shape index (κ2) is 5.51. The third kappa shape index (κ3) is 2.93. The van der Waals surface area contributed by atoms with E-state index in [4.69, 9.17) is 22.1 Å². The number of Topliss-reactive ketones (excluding diaryl/α,β-unsaturated/α-hetero) is 1. The summed E-state index contributed by atoms with van der Waals surface area (Å²) < 4.78 is 5.15. The molecule has 0 amide bonds. The lowest BCUT2D eigenvalue weighted by Crippen LogP contribution is -2.51. The van der Waals surface area contributed by atoms with Crippen molar-refractivity contribution in [2.45, 2.75) is 38.1 Å². The number of hydrogen-bond donors (Lipinski definition) is 1. The van der Waals surface area contributed by atoms with Crippen LogP contribution in [0.1, 0.15) is 43.0 Å². The number of methoxy groups -OCH3 is 1. The first-order valence-corrected chi connectivity index (χ1v) is 7.01. The Morgan fingerprint density at radius 1 is 1.53 bits per heavy atom. The third-order valence-electron chi connectivity index (χ3n) is 3.90. The van der Waals surface area contributed by atoms with Gasteiger partial charge in [-0.2, -0.15) is 0 Å². The molecule has 2 rings (SSSR count). The van der Waals surface area contributed by atoms with Crippen LogP contribution in [-0.4, -0.2) is 18.4 Å². The molecule has 19 heavy (non-hydrogen) atoms. The normalized spacial score (nSPS) is 27.1. The van der Waals surface area contributed by atoms with Gasteiger partial charge in [0, 0.05) is 5.56 Å². The molecule has 0 bridgehead atoms. The third-order valence-corrected chi connectivity index (χ3v) is 4.21. The molecule has 2 unspecified atom stereocenters. The van der Waals surface area contributed by atoms with Gasteiger partial charge in [-0.15, -0.1) is 0 Å². The molecule has 104 valence electrons. The van der Waals surface area contributed by atoms with E-state index in [1.165, 1.54) is 7.11 Å². The topological polar surface area (TPSA) is 52.3 Å². The second-order valence-corrected chi connectivity index (χ2v) is 5.94. The van der Waals surface area contributed by atoms with Gasteiger partial charge in [0.15, 0.2) is 5.78 Å². The van der Waals surface area contributed by atoms with Crippen molar-refractivity contribution >= 4 is 17.4 Å². The number of nitrogens with two attached hydrogens (primary N) is 1. The first-order chi connectivity index (χ1) is 8.96. The number of halogens is 1. The summed E-state index contributed by atoms with van der Waals surface area (Å²) in [5.74, 6) is 1.01. The van der Waals surface area contributed by atoms with E-state index in [1.54, 1.807) is 18.2 Å². The van der Waals surface area contributed by atoms with E-state index in [1.807, 2.05) is 0 Å². The fourth-order valence-electron chi connectivity index (χ4n) is 2.89. The number of carbonyl (C=O) groups is 1. The summed E-state index contributed by atoms with van der Waals surface area (Å²) in [4.78, 5) is 12.6. The monoisotopic (exact) mass is 281 g/mol. The molecule has 0 saturated heterocycles. The molecule has 1 saturated carbocycles. The highest BCUT2D eigenvalue weighted by Crippen LogP contribution is 2.34. The number of rotatable bonds is 3. The molecule has 2 N–H and O–H groups in total. The molecule has 1 fully saturated rings. The van der Waals surface area contributed by atoms with Crippen LogP contribution in [0.15, 0.2) is 18.2 Å². The van der Waals surface area contributed by atoms with E-state index >= 15 is 0 Å². The lowest BCUT2D eigenvalue weighted by atomic mass is 9.73. The van der Waals surface area contributed by atoms with E-state index < -0.39 is 5.54 Å². The minimum Gasteiger partial charge on any atom is -0.495 e. The first-order valence-electron chi connectivity index (χ1n) is 6.63. The van der Waals surface area contributed by atoms with Crippen LogP contribution in [0.4, 0.5) is 0 Å². The minimum absolute atomic E-state index is 0.00554. The van der Waals surface area contributed by atoms with Gasteiger partial charge in [-0.1, -0.05) is 31.4 Å². The van der Waals surface area contributed by atoms with Crippen LogP contribution in [0.3, 0.4) is 0 Å².